The van der Waals surface area contributed by atoms with Crippen LogP contribution in [0.2, 0.25) is 0 Å². The van der Waals surface area contributed by atoms with Crippen LogP contribution in [-0.4, -0.2) is 12.2 Å². The van der Waals surface area contributed by atoms with Gasteiger partial charge in [0.2, 0.25) is 0 Å². The molecule has 1 N–H and O–H groups in total. The van der Waals surface area contributed by atoms with Gasteiger partial charge in [0.05, 0.1) is 19.3 Å². The number of ether oxygens (including phenoxy) is 1. The smallest absolute Gasteiger partial charge is 0.417 e. The Morgan fingerprint density at radius 3 is 2.29 bits per heavy atom. The van der Waals surface area contributed by atoms with Crippen LogP contribution in [-0.2, 0) is 12.8 Å². The van der Waals surface area contributed by atoms with E-state index < -0.39 is 18.3 Å². The Bertz CT molecular complexity index is 609. The van der Waals surface area contributed by atoms with Gasteiger partial charge in [0.1, 0.15) is 5.75 Å². The number of hydrogen-bond acceptors (Lipinski definition) is 3. The van der Waals surface area contributed by atoms with Crippen molar-refractivity contribution in [2.24, 2.45) is 0 Å². The SMILES string of the molecule is COc1ccc(Sc2ccc(CO)cc2C(F)(F)F)cc1. The molecule has 0 amide bonds. The van der Waals surface area contributed by atoms with Gasteiger partial charge in [0.15, 0.2) is 0 Å². The zero-order chi connectivity index (χ0) is 15.5. The Hall–Kier alpha value is -1.66. The summed E-state index contributed by atoms with van der Waals surface area (Å²) < 4.78 is 44.2. The summed E-state index contributed by atoms with van der Waals surface area (Å²) >= 11 is 1.02. The molecule has 0 fully saturated rings. The predicted molar refractivity (Wildman–Crippen MR) is 74.5 cm³/mol. The summed E-state index contributed by atoms with van der Waals surface area (Å²) in [6.07, 6.45) is -4.46. The second kappa shape index (κ2) is 6.41. The minimum Gasteiger partial charge on any atom is -0.497 e. The zero-order valence-electron chi connectivity index (χ0n) is 11.1. The van der Waals surface area contributed by atoms with E-state index in [1.54, 1.807) is 24.3 Å². The molecule has 0 heterocycles. The van der Waals surface area contributed by atoms with Crippen LogP contribution in [0.1, 0.15) is 11.1 Å². The molecule has 0 bridgehead atoms. The third kappa shape index (κ3) is 3.92. The first-order valence-electron chi connectivity index (χ1n) is 6.07. The van der Waals surface area contributed by atoms with Gasteiger partial charge in [-0.25, -0.2) is 0 Å². The second-order valence-corrected chi connectivity index (χ2v) is 5.38. The van der Waals surface area contributed by atoms with E-state index in [1.807, 2.05) is 0 Å². The van der Waals surface area contributed by atoms with Crippen LogP contribution in [0.15, 0.2) is 52.3 Å². The second-order valence-electron chi connectivity index (χ2n) is 4.26. The number of rotatable bonds is 4. The first kappa shape index (κ1) is 15.7. The maximum absolute atomic E-state index is 13.1. The molecule has 0 radical (unpaired) electrons. The third-order valence-electron chi connectivity index (χ3n) is 2.82. The summed E-state index contributed by atoms with van der Waals surface area (Å²) in [5.41, 5.74) is -0.503. The van der Waals surface area contributed by atoms with Gasteiger partial charge in [-0.05, 0) is 42.0 Å². The molecule has 0 aromatic heterocycles. The molecule has 0 saturated heterocycles. The van der Waals surface area contributed by atoms with E-state index in [0.29, 0.717) is 10.6 Å². The van der Waals surface area contributed by atoms with Crippen LogP contribution in [0, 0.1) is 0 Å². The molecule has 6 heteroatoms. The monoisotopic (exact) mass is 314 g/mol. The highest BCUT2D eigenvalue weighted by Gasteiger charge is 2.33. The standard InChI is InChI=1S/C15H13F3O2S/c1-20-11-3-5-12(6-4-11)21-14-7-2-10(9-19)8-13(14)15(16,17)18/h2-8,19H,9H2,1H3. The lowest BCUT2D eigenvalue weighted by Gasteiger charge is -2.14. The van der Waals surface area contributed by atoms with Crippen LogP contribution in [0.25, 0.3) is 0 Å². The van der Waals surface area contributed by atoms with Crippen molar-refractivity contribution >= 4 is 11.8 Å². The maximum Gasteiger partial charge on any atom is 0.417 e. The highest BCUT2D eigenvalue weighted by molar-refractivity contribution is 7.99. The van der Waals surface area contributed by atoms with Crippen LogP contribution in [0.3, 0.4) is 0 Å². The predicted octanol–water partition coefficient (Wildman–Crippen LogP) is 4.36. The number of hydrogen-bond donors (Lipinski definition) is 1. The summed E-state index contributed by atoms with van der Waals surface area (Å²) in [4.78, 5) is 0.780. The number of aliphatic hydroxyl groups is 1. The first-order valence-corrected chi connectivity index (χ1v) is 6.88. The number of benzene rings is 2. The van der Waals surface area contributed by atoms with Crippen molar-refractivity contribution in [1.29, 1.82) is 0 Å². The summed E-state index contributed by atoms with van der Waals surface area (Å²) in [5, 5.41) is 8.98. The van der Waals surface area contributed by atoms with E-state index in [0.717, 1.165) is 17.8 Å². The molecule has 112 valence electrons. The quantitative estimate of drug-likeness (QED) is 0.909. The molecule has 0 aliphatic rings. The summed E-state index contributed by atoms with van der Waals surface area (Å²) in [6, 6.07) is 10.6. The summed E-state index contributed by atoms with van der Waals surface area (Å²) in [7, 11) is 1.53. The van der Waals surface area contributed by atoms with Gasteiger partial charge in [-0.1, -0.05) is 17.8 Å². The van der Waals surface area contributed by atoms with Gasteiger partial charge >= 0.3 is 6.18 Å². The topological polar surface area (TPSA) is 29.5 Å². The van der Waals surface area contributed by atoms with Gasteiger partial charge in [-0.2, -0.15) is 13.2 Å². The van der Waals surface area contributed by atoms with Crippen LogP contribution in [0.4, 0.5) is 13.2 Å². The molecular formula is C15H13F3O2S. The van der Waals surface area contributed by atoms with Crippen molar-refractivity contribution in [2.75, 3.05) is 7.11 Å². The van der Waals surface area contributed by atoms with Crippen LogP contribution < -0.4 is 4.74 Å². The minimum atomic E-state index is -4.46. The fourth-order valence-electron chi connectivity index (χ4n) is 1.76. The molecular weight excluding hydrogens is 301 g/mol. The van der Waals surface area contributed by atoms with Crippen molar-refractivity contribution in [3.05, 3.63) is 53.6 Å². The Morgan fingerprint density at radius 2 is 1.76 bits per heavy atom. The molecule has 2 aromatic rings. The molecule has 2 rings (SSSR count). The number of methoxy groups -OCH3 is 1. The van der Waals surface area contributed by atoms with Crippen molar-refractivity contribution in [2.45, 2.75) is 22.6 Å². The lowest BCUT2D eigenvalue weighted by Crippen LogP contribution is -2.07. The van der Waals surface area contributed by atoms with E-state index in [2.05, 4.69) is 0 Å². The Kier molecular flexibility index (Phi) is 4.80. The molecule has 0 atom stereocenters. The summed E-state index contributed by atoms with van der Waals surface area (Å²) in [6.45, 7) is -0.420. The third-order valence-corrected chi connectivity index (χ3v) is 3.90. The molecule has 0 aliphatic heterocycles. The van der Waals surface area contributed by atoms with E-state index in [4.69, 9.17) is 9.84 Å². The average Bonchev–Trinajstić information content (AvgIpc) is 2.47. The van der Waals surface area contributed by atoms with Gasteiger partial charge in [-0.3, -0.25) is 0 Å². The van der Waals surface area contributed by atoms with E-state index >= 15 is 0 Å². The highest BCUT2D eigenvalue weighted by Crippen LogP contribution is 2.40. The number of alkyl halides is 3. The molecule has 0 aliphatic carbocycles. The van der Waals surface area contributed by atoms with E-state index in [9.17, 15) is 13.2 Å². The minimum absolute atomic E-state index is 0.102. The van der Waals surface area contributed by atoms with Crippen molar-refractivity contribution in [1.82, 2.24) is 0 Å². The molecule has 21 heavy (non-hydrogen) atoms. The zero-order valence-corrected chi connectivity index (χ0v) is 12.0. The maximum atomic E-state index is 13.1. The van der Waals surface area contributed by atoms with Crippen molar-refractivity contribution in [3.63, 3.8) is 0 Å². The number of halogens is 3. The molecule has 0 spiro atoms. The number of aliphatic hydroxyl groups excluding tert-OH is 1. The normalized spacial score (nSPS) is 11.5. The van der Waals surface area contributed by atoms with Gasteiger partial charge in [0.25, 0.3) is 0 Å². The highest BCUT2D eigenvalue weighted by atomic mass is 32.2. The molecule has 2 aromatic carbocycles. The Morgan fingerprint density at radius 1 is 1.10 bits per heavy atom. The molecule has 0 saturated carbocycles. The average molecular weight is 314 g/mol. The van der Waals surface area contributed by atoms with Crippen molar-refractivity contribution in [3.8, 4) is 5.75 Å². The van der Waals surface area contributed by atoms with Gasteiger partial charge in [0, 0.05) is 9.79 Å². The fraction of sp³-hybridized carbons (Fsp3) is 0.200. The first-order chi connectivity index (χ1) is 9.94. The van der Waals surface area contributed by atoms with Crippen LogP contribution >= 0.6 is 11.8 Å². The largest absolute Gasteiger partial charge is 0.497 e. The van der Waals surface area contributed by atoms with E-state index in [-0.39, 0.29) is 10.5 Å². The van der Waals surface area contributed by atoms with Gasteiger partial charge < -0.3 is 9.84 Å². The Balaban J connectivity index is 2.34. The van der Waals surface area contributed by atoms with Crippen molar-refractivity contribution < 1.29 is 23.0 Å². The lowest BCUT2D eigenvalue weighted by atomic mass is 10.1. The Labute approximate surface area is 124 Å². The molecule has 0 unspecified atom stereocenters. The fourth-order valence-corrected chi connectivity index (χ4v) is 2.70. The van der Waals surface area contributed by atoms with Crippen LogP contribution in [0.5, 0.6) is 5.75 Å². The summed E-state index contributed by atoms with van der Waals surface area (Å²) in [5.74, 6) is 0.644. The van der Waals surface area contributed by atoms with E-state index in [1.165, 1.54) is 19.2 Å². The molecule has 2 nitrogen and oxygen atoms in total. The lowest BCUT2D eigenvalue weighted by molar-refractivity contribution is -0.139. The van der Waals surface area contributed by atoms with Gasteiger partial charge in [-0.15, -0.1) is 0 Å².